The van der Waals surface area contributed by atoms with Crippen LogP contribution < -0.4 is 19.5 Å². The van der Waals surface area contributed by atoms with Gasteiger partial charge in [-0.1, -0.05) is 30.3 Å². The van der Waals surface area contributed by atoms with Gasteiger partial charge in [-0.2, -0.15) is 4.72 Å². The van der Waals surface area contributed by atoms with E-state index in [9.17, 15) is 17.6 Å². The van der Waals surface area contributed by atoms with Crippen molar-refractivity contribution in [1.29, 1.82) is 0 Å². The standard InChI is InChI=1S/C23H23FN2O5S/c1-30-18-10-13-22(31-2)20(15-18)25-23(27)21(14-16-6-4-3-5-7-16)26-32(28,29)19-11-8-17(24)9-12-19/h3-13,15,21,26H,14H2,1-2H3,(H,25,27). The van der Waals surface area contributed by atoms with Crippen LogP contribution in [0.1, 0.15) is 5.56 Å². The summed E-state index contributed by atoms with van der Waals surface area (Å²) < 4.78 is 51.9. The lowest BCUT2D eigenvalue weighted by Gasteiger charge is -2.20. The number of anilines is 1. The Balaban J connectivity index is 1.90. The highest BCUT2D eigenvalue weighted by molar-refractivity contribution is 7.89. The van der Waals surface area contributed by atoms with Gasteiger partial charge in [0.05, 0.1) is 24.8 Å². The number of ether oxygens (including phenoxy) is 2. The lowest BCUT2D eigenvalue weighted by atomic mass is 10.1. The number of carbonyl (C=O) groups is 1. The first-order valence-corrected chi connectivity index (χ1v) is 11.2. The zero-order valence-corrected chi connectivity index (χ0v) is 18.4. The number of carbonyl (C=O) groups excluding carboxylic acids is 1. The van der Waals surface area contributed by atoms with E-state index in [0.717, 1.165) is 29.8 Å². The summed E-state index contributed by atoms with van der Waals surface area (Å²) in [5.74, 6) is -0.273. The normalized spacial score (nSPS) is 12.1. The van der Waals surface area contributed by atoms with Gasteiger partial charge in [-0.15, -0.1) is 0 Å². The zero-order valence-electron chi connectivity index (χ0n) is 17.5. The van der Waals surface area contributed by atoms with Crippen molar-refractivity contribution < 1.29 is 27.1 Å². The number of amides is 1. The maximum absolute atomic E-state index is 13.2. The minimum atomic E-state index is -4.10. The van der Waals surface area contributed by atoms with Gasteiger partial charge in [0.2, 0.25) is 15.9 Å². The Bertz CT molecular complexity index is 1170. The van der Waals surface area contributed by atoms with Crippen molar-refractivity contribution in [3.8, 4) is 11.5 Å². The van der Waals surface area contributed by atoms with Crippen molar-refractivity contribution in [2.24, 2.45) is 0 Å². The molecule has 32 heavy (non-hydrogen) atoms. The lowest BCUT2D eigenvalue weighted by Crippen LogP contribution is -2.45. The van der Waals surface area contributed by atoms with Crippen molar-refractivity contribution in [1.82, 2.24) is 4.72 Å². The van der Waals surface area contributed by atoms with E-state index >= 15 is 0 Å². The SMILES string of the molecule is COc1ccc(OC)c(NC(=O)C(Cc2ccccc2)NS(=O)(=O)c2ccc(F)cc2)c1. The van der Waals surface area contributed by atoms with E-state index in [1.165, 1.54) is 14.2 Å². The molecule has 0 radical (unpaired) electrons. The average Bonchev–Trinajstić information content (AvgIpc) is 2.79. The van der Waals surface area contributed by atoms with Gasteiger partial charge in [-0.05, 0) is 48.4 Å². The number of hydrogen-bond acceptors (Lipinski definition) is 5. The number of rotatable bonds is 9. The molecule has 2 N–H and O–H groups in total. The number of methoxy groups -OCH3 is 2. The van der Waals surface area contributed by atoms with Crippen LogP contribution in [0.3, 0.4) is 0 Å². The molecule has 0 heterocycles. The molecule has 1 atom stereocenters. The van der Waals surface area contributed by atoms with Crippen LogP contribution >= 0.6 is 0 Å². The van der Waals surface area contributed by atoms with Crippen molar-refractivity contribution >= 4 is 21.6 Å². The molecule has 3 aromatic carbocycles. The molecule has 0 bridgehead atoms. The monoisotopic (exact) mass is 458 g/mol. The predicted molar refractivity (Wildman–Crippen MR) is 119 cm³/mol. The maximum Gasteiger partial charge on any atom is 0.243 e. The van der Waals surface area contributed by atoms with E-state index in [2.05, 4.69) is 10.0 Å². The topological polar surface area (TPSA) is 93.7 Å². The maximum atomic E-state index is 13.2. The molecule has 3 aromatic rings. The molecule has 3 rings (SSSR count). The summed E-state index contributed by atoms with van der Waals surface area (Å²) >= 11 is 0. The molecular formula is C23H23FN2O5S. The van der Waals surface area contributed by atoms with Crippen molar-refractivity contribution in [2.75, 3.05) is 19.5 Å². The molecule has 1 unspecified atom stereocenters. The number of nitrogens with one attached hydrogen (secondary N) is 2. The van der Waals surface area contributed by atoms with Crippen LogP contribution in [0.4, 0.5) is 10.1 Å². The van der Waals surface area contributed by atoms with Gasteiger partial charge < -0.3 is 14.8 Å². The third-order valence-electron chi connectivity index (χ3n) is 4.69. The fraction of sp³-hybridized carbons (Fsp3) is 0.174. The zero-order chi connectivity index (χ0) is 23.1. The summed E-state index contributed by atoms with van der Waals surface area (Å²) in [6, 6.07) is 17.1. The van der Waals surface area contributed by atoms with E-state index in [-0.39, 0.29) is 11.3 Å². The van der Waals surface area contributed by atoms with Crippen molar-refractivity contribution in [2.45, 2.75) is 17.4 Å². The van der Waals surface area contributed by atoms with E-state index in [4.69, 9.17) is 9.47 Å². The largest absolute Gasteiger partial charge is 0.497 e. The number of sulfonamides is 1. The van der Waals surface area contributed by atoms with Crippen LogP contribution in [0.2, 0.25) is 0 Å². The Hall–Kier alpha value is -3.43. The van der Waals surface area contributed by atoms with Gasteiger partial charge in [-0.3, -0.25) is 4.79 Å². The lowest BCUT2D eigenvalue weighted by molar-refractivity contribution is -0.117. The molecule has 168 valence electrons. The minimum Gasteiger partial charge on any atom is -0.497 e. The first-order chi connectivity index (χ1) is 15.3. The Morgan fingerprint density at radius 3 is 2.28 bits per heavy atom. The Labute approximate surface area is 186 Å². The Kier molecular flexibility index (Phi) is 7.45. The predicted octanol–water partition coefficient (Wildman–Crippen LogP) is 3.37. The molecular weight excluding hydrogens is 435 g/mol. The molecule has 0 aliphatic carbocycles. The highest BCUT2D eigenvalue weighted by Crippen LogP contribution is 2.29. The molecule has 0 fully saturated rings. The summed E-state index contributed by atoms with van der Waals surface area (Å²) in [5.41, 5.74) is 1.09. The second kappa shape index (κ2) is 10.3. The van der Waals surface area contributed by atoms with Crippen LogP contribution in [-0.2, 0) is 21.2 Å². The summed E-state index contributed by atoms with van der Waals surface area (Å²) in [7, 11) is -1.15. The van der Waals surface area contributed by atoms with Crippen LogP contribution in [0.25, 0.3) is 0 Å². The summed E-state index contributed by atoms with van der Waals surface area (Å²) in [4.78, 5) is 13.0. The first kappa shape index (κ1) is 23.2. The van der Waals surface area contributed by atoms with Crippen LogP contribution in [-0.4, -0.2) is 34.6 Å². The van der Waals surface area contributed by atoms with E-state index in [1.807, 2.05) is 6.07 Å². The molecule has 0 aromatic heterocycles. The average molecular weight is 459 g/mol. The molecule has 0 saturated heterocycles. The van der Waals surface area contributed by atoms with Gasteiger partial charge in [0.15, 0.2) is 0 Å². The second-order valence-corrected chi connectivity index (χ2v) is 8.59. The smallest absolute Gasteiger partial charge is 0.243 e. The number of halogens is 1. The molecule has 0 aliphatic heterocycles. The molecule has 1 amide bonds. The van der Waals surface area contributed by atoms with Crippen LogP contribution in [0, 0.1) is 5.82 Å². The molecule has 0 spiro atoms. The van der Waals surface area contributed by atoms with Gasteiger partial charge in [0, 0.05) is 6.07 Å². The number of benzene rings is 3. The van der Waals surface area contributed by atoms with Crippen LogP contribution in [0.5, 0.6) is 11.5 Å². The third kappa shape index (κ3) is 5.83. The molecule has 0 aliphatic rings. The molecule has 9 heteroatoms. The quantitative estimate of drug-likeness (QED) is 0.513. The number of hydrogen-bond donors (Lipinski definition) is 2. The van der Waals surface area contributed by atoms with Gasteiger partial charge in [0.25, 0.3) is 0 Å². The highest BCUT2D eigenvalue weighted by Gasteiger charge is 2.27. The molecule has 7 nitrogen and oxygen atoms in total. The minimum absolute atomic E-state index is 0.0966. The van der Waals surface area contributed by atoms with Crippen LogP contribution in [0.15, 0.2) is 77.7 Å². The van der Waals surface area contributed by atoms with E-state index in [0.29, 0.717) is 17.2 Å². The third-order valence-corrected chi connectivity index (χ3v) is 6.17. The molecule has 0 saturated carbocycles. The summed E-state index contributed by atoms with van der Waals surface area (Å²) in [6.07, 6.45) is 0.0966. The fourth-order valence-corrected chi connectivity index (χ4v) is 4.23. The fourth-order valence-electron chi connectivity index (χ4n) is 3.04. The summed E-state index contributed by atoms with van der Waals surface area (Å²) in [6.45, 7) is 0. The summed E-state index contributed by atoms with van der Waals surface area (Å²) in [5, 5.41) is 2.71. The highest BCUT2D eigenvalue weighted by atomic mass is 32.2. The Morgan fingerprint density at radius 1 is 0.969 bits per heavy atom. The van der Waals surface area contributed by atoms with E-state index < -0.39 is 27.8 Å². The van der Waals surface area contributed by atoms with Gasteiger partial charge in [-0.25, -0.2) is 12.8 Å². The first-order valence-electron chi connectivity index (χ1n) is 9.67. The van der Waals surface area contributed by atoms with Gasteiger partial charge in [0.1, 0.15) is 23.4 Å². The van der Waals surface area contributed by atoms with Crippen molar-refractivity contribution in [3.63, 3.8) is 0 Å². The van der Waals surface area contributed by atoms with Crippen molar-refractivity contribution in [3.05, 3.63) is 84.2 Å². The Morgan fingerprint density at radius 2 is 1.66 bits per heavy atom. The van der Waals surface area contributed by atoms with Gasteiger partial charge >= 0.3 is 0 Å². The second-order valence-electron chi connectivity index (χ2n) is 6.87. The van der Waals surface area contributed by atoms with E-state index in [1.54, 1.807) is 42.5 Å².